The zero-order chi connectivity index (χ0) is 10.7. The number of Topliss-reactive ketones (excluding diaryl/α,β-unsaturated/α-hetero) is 1. The van der Waals surface area contributed by atoms with Gasteiger partial charge in [-0.25, -0.2) is 0 Å². The summed E-state index contributed by atoms with van der Waals surface area (Å²) in [7, 11) is 0. The minimum atomic E-state index is 0.288. The Kier molecular flexibility index (Phi) is 3.02. The molecule has 1 aliphatic heterocycles. The zero-order valence-corrected chi connectivity index (χ0v) is 8.65. The van der Waals surface area contributed by atoms with Crippen LogP contribution in [0, 0.1) is 0 Å². The van der Waals surface area contributed by atoms with Crippen molar-refractivity contribution in [3.05, 3.63) is 29.8 Å². The zero-order valence-electron chi connectivity index (χ0n) is 8.65. The summed E-state index contributed by atoms with van der Waals surface area (Å²) >= 11 is 0. The highest BCUT2D eigenvalue weighted by atomic mass is 16.3. The Morgan fingerprint density at radius 2 is 2.27 bits per heavy atom. The van der Waals surface area contributed by atoms with Crippen LogP contribution in [0.5, 0.6) is 5.75 Å². The molecule has 0 bridgehead atoms. The molecule has 3 nitrogen and oxygen atoms in total. The maximum absolute atomic E-state index is 11.2. The summed E-state index contributed by atoms with van der Waals surface area (Å²) in [6.45, 7) is 2.27. The average molecular weight is 205 g/mol. The molecular weight excluding hydrogens is 190 g/mol. The molecule has 0 aliphatic carbocycles. The van der Waals surface area contributed by atoms with E-state index in [-0.39, 0.29) is 5.75 Å². The molecule has 1 saturated heterocycles. The van der Waals surface area contributed by atoms with E-state index in [1.807, 2.05) is 12.1 Å². The summed E-state index contributed by atoms with van der Waals surface area (Å²) < 4.78 is 0. The van der Waals surface area contributed by atoms with E-state index < -0.39 is 0 Å². The third-order valence-electron chi connectivity index (χ3n) is 2.65. The number of hydrogen-bond donors (Lipinski definition) is 1. The second kappa shape index (κ2) is 4.45. The van der Waals surface area contributed by atoms with Crippen LogP contribution in [0.4, 0.5) is 0 Å². The standard InChI is InChI=1S/C12H15NO2/c14-11-4-1-3-10(7-11)8-13-6-2-5-12(15)9-13/h1,3-4,7,14H,2,5-6,8-9H2. The lowest BCUT2D eigenvalue weighted by atomic mass is 10.1. The lowest BCUT2D eigenvalue weighted by Crippen LogP contribution is -2.34. The second-order valence-electron chi connectivity index (χ2n) is 4.02. The van der Waals surface area contributed by atoms with Crippen LogP contribution >= 0.6 is 0 Å². The fraction of sp³-hybridized carbons (Fsp3) is 0.417. The number of aromatic hydroxyl groups is 1. The fourth-order valence-electron chi connectivity index (χ4n) is 1.96. The number of rotatable bonds is 2. The van der Waals surface area contributed by atoms with Crippen molar-refractivity contribution in [3.63, 3.8) is 0 Å². The van der Waals surface area contributed by atoms with Crippen molar-refractivity contribution in [2.24, 2.45) is 0 Å². The van der Waals surface area contributed by atoms with Crippen molar-refractivity contribution in [2.45, 2.75) is 19.4 Å². The number of phenolic OH excluding ortho intramolecular Hbond substituents is 1. The molecule has 0 aromatic heterocycles. The van der Waals surface area contributed by atoms with E-state index in [0.29, 0.717) is 12.3 Å². The molecule has 1 heterocycles. The van der Waals surface area contributed by atoms with E-state index in [2.05, 4.69) is 4.90 Å². The lowest BCUT2D eigenvalue weighted by molar-refractivity contribution is -0.122. The molecule has 0 spiro atoms. The van der Waals surface area contributed by atoms with E-state index in [0.717, 1.165) is 31.5 Å². The lowest BCUT2D eigenvalue weighted by Gasteiger charge is -2.25. The molecule has 0 atom stereocenters. The first-order chi connectivity index (χ1) is 7.24. The van der Waals surface area contributed by atoms with Gasteiger partial charge in [-0.1, -0.05) is 12.1 Å². The molecule has 0 amide bonds. The number of piperidine rings is 1. The summed E-state index contributed by atoms with van der Waals surface area (Å²) in [6, 6.07) is 7.21. The van der Waals surface area contributed by atoms with Crippen molar-refractivity contribution in [1.82, 2.24) is 4.90 Å². The predicted molar refractivity (Wildman–Crippen MR) is 57.6 cm³/mol. The molecule has 3 heteroatoms. The Balaban J connectivity index is 1.99. The molecule has 1 fully saturated rings. The largest absolute Gasteiger partial charge is 0.508 e. The van der Waals surface area contributed by atoms with Gasteiger partial charge in [0.2, 0.25) is 0 Å². The summed E-state index contributed by atoms with van der Waals surface area (Å²) in [5.74, 6) is 0.609. The van der Waals surface area contributed by atoms with Crippen molar-refractivity contribution >= 4 is 5.78 Å². The van der Waals surface area contributed by atoms with E-state index in [1.54, 1.807) is 12.1 Å². The number of ketones is 1. The van der Waals surface area contributed by atoms with Gasteiger partial charge in [0.05, 0.1) is 6.54 Å². The quantitative estimate of drug-likeness (QED) is 0.796. The first-order valence-corrected chi connectivity index (χ1v) is 5.26. The van der Waals surface area contributed by atoms with E-state index in [9.17, 15) is 9.90 Å². The molecule has 15 heavy (non-hydrogen) atoms. The number of hydrogen-bond acceptors (Lipinski definition) is 3. The van der Waals surface area contributed by atoms with E-state index in [4.69, 9.17) is 0 Å². The number of phenols is 1. The van der Waals surface area contributed by atoms with Crippen LogP contribution in [0.15, 0.2) is 24.3 Å². The van der Waals surface area contributed by atoms with Crippen LogP contribution in [0.1, 0.15) is 18.4 Å². The molecule has 1 aromatic rings. The highest BCUT2D eigenvalue weighted by molar-refractivity contribution is 5.81. The molecule has 1 aliphatic rings. The monoisotopic (exact) mass is 205 g/mol. The van der Waals surface area contributed by atoms with Gasteiger partial charge in [-0.2, -0.15) is 0 Å². The maximum Gasteiger partial charge on any atom is 0.146 e. The minimum Gasteiger partial charge on any atom is -0.508 e. The number of likely N-dealkylation sites (tertiary alicyclic amines) is 1. The van der Waals surface area contributed by atoms with Gasteiger partial charge in [0.25, 0.3) is 0 Å². The summed E-state index contributed by atoms with van der Waals surface area (Å²) in [5.41, 5.74) is 1.06. The third-order valence-corrected chi connectivity index (χ3v) is 2.65. The smallest absolute Gasteiger partial charge is 0.146 e. The van der Waals surface area contributed by atoms with Crippen molar-refractivity contribution < 1.29 is 9.90 Å². The van der Waals surface area contributed by atoms with Crippen LogP contribution < -0.4 is 0 Å². The number of benzene rings is 1. The Morgan fingerprint density at radius 3 is 3.00 bits per heavy atom. The molecule has 2 rings (SSSR count). The van der Waals surface area contributed by atoms with Crippen LogP contribution in [0.3, 0.4) is 0 Å². The Labute approximate surface area is 89.3 Å². The van der Waals surface area contributed by atoms with Crippen LogP contribution in [-0.2, 0) is 11.3 Å². The summed E-state index contributed by atoms with van der Waals surface area (Å²) in [6.07, 6.45) is 1.67. The van der Waals surface area contributed by atoms with E-state index >= 15 is 0 Å². The van der Waals surface area contributed by atoms with Gasteiger partial charge >= 0.3 is 0 Å². The second-order valence-corrected chi connectivity index (χ2v) is 4.02. The van der Waals surface area contributed by atoms with Gasteiger partial charge < -0.3 is 5.11 Å². The Bertz CT molecular complexity index is 362. The predicted octanol–water partition coefficient (Wildman–Crippen LogP) is 1.56. The molecule has 0 saturated carbocycles. The minimum absolute atomic E-state index is 0.288. The summed E-state index contributed by atoms with van der Waals surface area (Å²) in [4.78, 5) is 13.4. The van der Waals surface area contributed by atoms with Gasteiger partial charge in [-0.05, 0) is 30.7 Å². The van der Waals surface area contributed by atoms with Gasteiger partial charge in [0.15, 0.2) is 0 Å². The normalized spacial score (nSPS) is 18.0. The number of carbonyl (C=O) groups is 1. The molecule has 80 valence electrons. The van der Waals surface area contributed by atoms with Gasteiger partial charge in [-0.3, -0.25) is 9.69 Å². The number of carbonyl (C=O) groups excluding carboxylic acids is 1. The summed E-state index contributed by atoms with van der Waals surface area (Å²) in [5, 5.41) is 9.31. The average Bonchev–Trinajstić information content (AvgIpc) is 2.17. The van der Waals surface area contributed by atoms with Gasteiger partial charge in [0.1, 0.15) is 11.5 Å². The highest BCUT2D eigenvalue weighted by Crippen LogP contribution is 2.15. The maximum atomic E-state index is 11.2. The third kappa shape index (κ3) is 2.80. The van der Waals surface area contributed by atoms with Gasteiger partial charge in [-0.15, -0.1) is 0 Å². The molecule has 1 aromatic carbocycles. The van der Waals surface area contributed by atoms with Crippen LogP contribution in [0.2, 0.25) is 0 Å². The SMILES string of the molecule is O=C1CCCN(Cc2cccc(O)c2)C1. The number of nitrogens with zero attached hydrogens (tertiary/aromatic N) is 1. The molecule has 1 N–H and O–H groups in total. The fourth-order valence-corrected chi connectivity index (χ4v) is 1.96. The van der Waals surface area contributed by atoms with Crippen molar-refractivity contribution in [3.8, 4) is 5.75 Å². The van der Waals surface area contributed by atoms with Crippen LogP contribution in [0.25, 0.3) is 0 Å². The molecule has 0 unspecified atom stereocenters. The topological polar surface area (TPSA) is 40.5 Å². The Hall–Kier alpha value is -1.35. The Morgan fingerprint density at radius 1 is 1.40 bits per heavy atom. The first-order valence-electron chi connectivity index (χ1n) is 5.26. The molecular formula is C12H15NO2. The molecule has 0 radical (unpaired) electrons. The van der Waals surface area contributed by atoms with Crippen molar-refractivity contribution in [2.75, 3.05) is 13.1 Å². The highest BCUT2D eigenvalue weighted by Gasteiger charge is 2.16. The van der Waals surface area contributed by atoms with E-state index in [1.165, 1.54) is 0 Å². The first kappa shape index (κ1) is 10.2. The van der Waals surface area contributed by atoms with Crippen LogP contribution in [-0.4, -0.2) is 28.9 Å². The van der Waals surface area contributed by atoms with Crippen molar-refractivity contribution in [1.29, 1.82) is 0 Å². The van der Waals surface area contributed by atoms with Gasteiger partial charge in [0, 0.05) is 13.0 Å².